The molecule has 4 rings (SSSR count). The molecule has 1 saturated carbocycles. The van der Waals surface area contributed by atoms with Gasteiger partial charge in [0.15, 0.2) is 9.84 Å². The maximum absolute atomic E-state index is 14.1. The van der Waals surface area contributed by atoms with Gasteiger partial charge in [-0.05, 0) is 37.0 Å². The Balaban J connectivity index is 1.60. The molecule has 2 heterocycles. The van der Waals surface area contributed by atoms with E-state index in [0.29, 0.717) is 19.0 Å². The Hall–Kier alpha value is -1.18. The predicted octanol–water partition coefficient (Wildman–Crippen LogP) is 1.81. The number of benzene rings is 1. The second-order valence-electron chi connectivity index (χ2n) is 7.27. The molecule has 0 spiro atoms. The molecule has 0 N–H and O–H groups in total. The van der Waals surface area contributed by atoms with Crippen LogP contribution in [0, 0.1) is 11.7 Å². The van der Waals surface area contributed by atoms with Gasteiger partial charge in [-0.1, -0.05) is 11.6 Å². The van der Waals surface area contributed by atoms with Crippen LogP contribution in [-0.2, 0) is 9.84 Å². The van der Waals surface area contributed by atoms with E-state index in [4.69, 9.17) is 11.6 Å². The fraction of sp³-hybridized carbons (Fsp3) is 0.588. The van der Waals surface area contributed by atoms with Gasteiger partial charge in [0, 0.05) is 30.7 Å². The Morgan fingerprint density at radius 1 is 1.20 bits per heavy atom. The lowest BCUT2D eigenvalue weighted by Crippen LogP contribution is -2.61. The van der Waals surface area contributed by atoms with E-state index in [0.717, 1.165) is 12.6 Å². The van der Waals surface area contributed by atoms with Crippen molar-refractivity contribution in [2.75, 3.05) is 31.1 Å². The third kappa shape index (κ3) is 3.41. The molecule has 25 heavy (non-hydrogen) atoms. The van der Waals surface area contributed by atoms with Gasteiger partial charge in [-0.25, -0.2) is 12.8 Å². The first-order valence-corrected chi connectivity index (χ1v) is 10.7. The number of rotatable bonds is 3. The third-order valence-corrected chi connectivity index (χ3v) is 7.34. The molecule has 1 aromatic rings. The second-order valence-corrected chi connectivity index (χ2v) is 9.86. The number of piperazine rings is 1. The SMILES string of the molecule is O=C(c1ccc(Cl)cc1F)N1CCN(CC2CC2)[C@@H]2CS(=O)(=O)C[C@@H]21. The molecule has 2 atom stereocenters. The summed E-state index contributed by atoms with van der Waals surface area (Å²) in [5, 5.41) is 0.227. The summed E-state index contributed by atoms with van der Waals surface area (Å²) in [7, 11) is -3.19. The van der Waals surface area contributed by atoms with E-state index in [2.05, 4.69) is 4.90 Å². The number of hydrogen-bond donors (Lipinski definition) is 0. The van der Waals surface area contributed by atoms with Gasteiger partial charge in [0.25, 0.3) is 5.91 Å². The maximum atomic E-state index is 14.1. The summed E-state index contributed by atoms with van der Waals surface area (Å²) in [5.41, 5.74) is -0.0527. The first-order valence-electron chi connectivity index (χ1n) is 8.54. The lowest BCUT2D eigenvalue weighted by atomic mass is 10.0. The van der Waals surface area contributed by atoms with Crippen molar-refractivity contribution in [3.05, 3.63) is 34.6 Å². The summed E-state index contributed by atoms with van der Waals surface area (Å²) in [6, 6.07) is 3.37. The monoisotopic (exact) mass is 386 g/mol. The third-order valence-electron chi connectivity index (χ3n) is 5.40. The van der Waals surface area contributed by atoms with Gasteiger partial charge < -0.3 is 4.90 Å². The Labute approximate surface area is 151 Å². The van der Waals surface area contributed by atoms with E-state index in [-0.39, 0.29) is 28.1 Å². The van der Waals surface area contributed by atoms with Crippen molar-refractivity contribution in [3.8, 4) is 0 Å². The molecule has 1 amide bonds. The highest BCUT2D eigenvalue weighted by Gasteiger charge is 2.49. The second kappa shape index (κ2) is 6.21. The summed E-state index contributed by atoms with van der Waals surface area (Å²) >= 11 is 5.76. The minimum Gasteiger partial charge on any atom is -0.332 e. The Morgan fingerprint density at radius 3 is 2.60 bits per heavy atom. The van der Waals surface area contributed by atoms with Crippen LogP contribution in [0.15, 0.2) is 18.2 Å². The maximum Gasteiger partial charge on any atom is 0.257 e. The zero-order valence-electron chi connectivity index (χ0n) is 13.7. The van der Waals surface area contributed by atoms with E-state index in [1.54, 1.807) is 4.90 Å². The number of sulfone groups is 1. The number of carbonyl (C=O) groups is 1. The van der Waals surface area contributed by atoms with Crippen LogP contribution in [0.25, 0.3) is 0 Å². The van der Waals surface area contributed by atoms with Gasteiger partial charge in [-0.3, -0.25) is 9.69 Å². The molecule has 1 aliphatic carbocycles. The average Bonchev–Trinajstić information content (AvgIpc) is 3.27. The smallest absolute Gasteiger partial charge is 0.257 e. The minimum absolute atomic E-state index is 0.0419. The molecular weight excluding hydrogens is 367 g/mol. The molecule has 136 valence electrons. The zero-order valence-corrected chi connectivity index (χ0v) is 15.3. The molecule has 1 aromatic carbocycles. The van der Waals surface area contributed by atoms with Gasteiger partial charge in [-0.2, -0.15) is 0 Å². The highest BCUT2D eigenvalue weighted by Crippen LogP contribution is 2.34. The molecule has 0 radical (unpaired) electrons. The van der Waals surface area contributed by atoms with E-state index in [9.17, 15) is 17.6 Å². The molecule has 8 heteroatoms. The largest absolute Gasteiger partial charge is 0.332 e. The average molecular weight is 387 g/mol. The number of nitrogens with zero attached hydrogens (tertiary/aromatic N) is 2. The van der Waals surface area contributed by atoms with Crippen molar-refractivity contribution in [2.24, 2.45) is 5.92 Å². The number of hydrogen-bond acceptors (Lipinski definition) is 4. The van der Waals surface area contributed by atoms with Crippen LogP contribution in [0.2, 0.25) is 5.02 Å². The van der Waals surface area contributed by atoms with Crippen LogP contribution in [-0.4, -0.2) is 67.3 Å². The van der Waals surface area contributed by atoms with E-state index < -0.39 is 27.6 Å². The van der Waals surface area contributed by atoms with Crippen LogP contribution in [0.1, 0.15) is 23.2 Å². The van der Waals surface area contributed by atoms with Gasteiger partial charge in [0.1, 0.15) is 5.82 Å². The normalized spacial score (nSPS) is 28.8. The topological polar surface area (TPSA) is 57.7 Å². The summed E-state index contributed by atoms with van der Waals surface area (Å²) < 4.78 is 38.6. The van der Waals surface area contributed by atoms with Crippen LogP contribution in [0.4, 0.5) is 4.39 Å². The van der Waals surface area contributed by atoms with Crippen molar-refractivity contribution >= 4 is 27.3 Å². The molecule has 3 fully saturated rings. The lowest BCUT2D eigenvalue weighted by Gasteiger charge is -2.44. The molecule has 0 unspecified atom stereocenters. The highest BCUT2D eigenvalue weighted by molar-refractivity contribution is 7.91. The van der Waals surface area contributed by atoms with Crippen molar-refractivity contribution in [1.29, 1.82) is 0 Å². The summed E-state index contributed by atoms with van der Waals surface area (Å²) in [6.07, 6.45) is 2.39. The number of amides is 1. The highest BCUT2D eigenvalue weighted by atomic mass is 35.5. The minimum atomic E-state index is -3.19. The number of halogens is 2. The van der Waals surface area contributed by atoms with Crippen molar-refractivity contribution in [3.63, 3.8) is 0 Å². The first kappa shape index (κ1) is 17.2. The number of carbonyl (C=O) groups excluding carboxylic acids is 1. The van der Waals surface area contributed by atoms with Crippen molar-refractivity contribution in [1.82, 2.24) is 9.80 Å². The van der Waals surface area contributed by atoms with E-state index in [1.807, 2.05) is 0 Å². The van der Waals surface area contributed by atoms with E-state index >= 15 is 0 Å². The Morgan fingerprint density at radius 2 is 1.92 bits per heavy atom. The predicted molar refractivity (Wildman–Crippen MR) is 93.0 cm³/mol. The Kier molecular flexibility index (Phi) is 4.29. The van der Waals surface area contributed by atoms with Crippen LogP contribution in [0.5, 0.6) is 0 Å². The summed E-state index contributed by atoms with van der Waals surface area (Å²) in [6.45, 7) is 1.95. The van der Waals surface area contributed by atoms with Gasteiger partial charge in [0.05, 0.1) is 23.1 Å². The zero-order chi connectivity index (χ0) is 17.8. The molecule has 3 aliphatic rings. The molecular formula is C17H20ClFN2O3S. The van der Waals surface area contributed by atoms with Crippen LogP contribution < -0.4 is 0 Å². The quantitative estimate of drug-likeness (QED) is 0.795. The molecule has 0 bridgehead atoms. The van der Waals surface area contributed by atoms with Crippen molar-refractivity contribution < 1.29 is 17.6 Å². The lowest BCUT2D eigenvalue weighted by molar-refractivity contribution is 0.0314. The van der Waals surface area contributed by atoms with Gasteiger partial charge in [-0.15, -0.1) is 0 Å². The van der Waals surface area contributed by atoms with Crippen molar-refractivity contribution in [2.45, 2.75) is 24.9 Å². The summed E-state index contributed by atoms with van der Waals surface area (Å²) in [4.78, 5) is 16.6. The standard InChI is InChI=1S/C17H20ClFN2O3S/c18-12-3-4-13(14(19)7-12)17(22)21-6-5-20(8-11-1-2-11)15-9-25(23,24)10-16(15)21/h3-4,7,11,15-16H,1-2,5-6,8-10H2/t15-,16+/m1/s1. The first-order chi connectivity index (χ1) is 11.8. The van der Waals surface area contributed by atoms with E-state index in [1.165, 1.54) is 25.0 Å². The van der Waals surface area contributed by atoms with Gasteiger partial charge in [0.2, 0.25) is 0 Å². The molecule has 2 saturated heterocycles. The van der Waals surface area contributed by atoms with Crippen LogP contribution in [0.3, 0.4) is 0 Å². The van der Waals surface area contributed by atoms with Crippen LogP contribution >= 0.6 is 11.6 Å². The molecule has 5 nitrogen and oxygen atoms in total. The van der Waals surface area contributed by atoms with Gasteiger partial charge >= 0.3 is 0 Å². The molecule has 2 aliphatic heterocycles. The molecule has 0 aromatic heterocycles. The fourth-order valence-electron chi connectivity index (χ4n) is 3.95. The fourth-order valence-corrected chi connectivity index (χ4v) is 6.12. The summed E-state index contributed by atoms with van der Waals surface area (Å²) in [5.74, 6) is -0.431. The number of fused-ring (bicyclic) bond motifs is 1. The Bertz CT molecular complexity index is 812.